The minimum Gasteiger partial charge on any atom is -0.444 e. The number of carbonyl (C=O) groups excluding carboxylic acids is 1. The van der Waals surface area contributed by atoms with Gasteiger partial charge in [-0.25, -0.2) is 4.79 Å². The van der Waals surface area contributed by atoms with E-state index >= 15 is 0 Å². The molecule has 2 aliphatic rings. The monoisotopic (exact) mass is 444 g/mol. The number of benzene rings is 1. The van der Waals surface area contributed by atoms with Gasteiger partial charge in [-0.15, -0.1) is 0 Å². The molecule has 0 radical (unpaired) electrons. The highest BCUT2D eigenvalue weighted by atomic mass is 16.6. The predicted octanol–water partition coefficient (Wildman–Crippen LogP) is 3.90. The van der Waals surface area contributed by atoms with Crippen molar-refractivity contribution in [2.75, 3.05) is 32.8 Å². The Morgan fingerprint density at radius 1 is 1.19 bits per heavy atom. The van der Waals surface area contributed by atoms with E-state index in [-0.39, 0.29) is 12.2 Å². The highest BCUT2D eigenvalue weighted by Gasteiger charge is 2.39. The molecule has 7 heteroatoms. The van der Waals surface area contributed by atoms with Crippen LogP contribution >= 0.6 is 0 Å². The summed E-state index contributed by atoms with van der Waals surface area (Å²) in [5.41, 5.74) is 0.944. The van der Waals surface area contributed by atoms with Crippen LogP contribution in [-0.2, 0) is 9.47 Å². The SMILES string of the molecule is CCN=C(NC1CC1c1ccccc1)N1CCC(OCCCNC(=O)OC(C)(C)C)CC1. The van der Waals surface area contributed by atoms with Crippen molar-refractivity contribution in [3.63, 3.8) is 0 Å². The fourth-order valence-corrected chi connectivity index (χ4v) is 4.04. The molecule has 2 unspecified atom stereocenters. The van der Waals surface area contributed by atoms with Crippen LogP contribution in [0.1, 0.15) is 64.9 Å². The van der Waals surface area contributed by atoms with Crippen LogP contribution in [0.4, 0.5) is 4.79 Å². The van der Waals surface area contributed by atoms with Crippen molar-refractivity contribution in [3.8, 4) is 0 Å². The van der Waals surface area contributed by atoms with E-state index in [1.54, 1.807) is 0 Å². The molecule has 1 saturated heterocycles. The van der Waals surface area contributed by atoms with E-state index in [1.165, 1.54) is 12.0 Å². The van der Waals surface area contributed by atoms with Gasteiger partial charge in [0.2, 0.25) is 0 Å². The Labute approximate surface area is 192 Å². The van der Waals surface area contributed by atoms with E-state index in [0.717, 1.165) is 44.9 Å². The summed E-state index contributed by atoms with van der Waals surface area (Å²) in [6, 6.07) is 11.2. The number of nitrogens with zero attached hydrogens (tertiary/aromatic N) is 2. The van der Waals surface area contributed by atoms with Crippen LogP contribution in [0.2, 0.25) is 0 Å². The normalized spacial score (nSPS) is 21.9. The van der Waals surface area contributed by atoms with E-state index in [2.05, 4.69) is 52.8 Å². The predicted molar refractivity (Wildman–Crippen MR) is 128 cm³/mol. The lowest BCUT2D eigenvalue weighted by molar-refractivity contribution is 0.0170. The van der Waals surface area contributed by atoms with Gasteiger partial charge in [0.25, 0.3) is 0 Å². The van der Waals surface area contributed by atoms with Crippen molar-refractivity contribution in [1.29, 1.82) is 0 Å². The molecular weight excluding hydrogens is 404 g/mol. The first-order chi connectivity index (χ1) is 15.4. The second-order valence-corrected chi connectivity index (χ2v) is 9.64. The van der Waals surface area contributed by atoms with Gasteiger partial charge in [0.15, 0.2) is 5.96 Å². The minimum absolute atomic E-state index is 0.272. The second kappa shape index (κ2) is 11.5. The number of ether oxygens (including phenoxy) is 2. The highest BCUT2D eigenvalue weighted by molar-refractivity contribution is 5.81. The molecule has 2 atom stereocenters. The van der Waals surface area contributed by atoms with Gasteiger partial charge in [0.05, 0.1) is 6.10 Å². The average molecular weight is 445 g/mol. The molecule has 1 saturated carbocycles. The van der Waals surface area contributed by atoms with Crippen molar-refractivity contribution in [1.82, 2.24) is 15.5 Å². The van der Waals surface area contributed by atoms with Gasteiger partial charge >= 0.3 is 6.09 Å². The Hall–Kier alpha value is -2.28. The number of piperidine rings is 1. The summed E-state index contributed by atoms with van der Waals surface area (Å²) in [7, 11) is 0. The smallest absolute Gasteiger partial charge is 0.407 e. The average Bonchev–Trinajstić information content (AvgIpc) is 3.52. The standard InChI is InChI=1S/C25H40N4O3/c1-5-26-23(28-22-18-21(22)19-10-7-6-8-11-19)29-15-12-20(13-16-29)31-17-9-14-27-24(30)32-25(2,3)4/h6-8,10-11,20-22H,5,9,12-18H2,1-4H3,(H,26,28)(H,27,30). The maximum absolute atomic E-state index is 11.7. The van der Waals surface area contributed by atoms with Gasteiger partial charge in [-0.2, -0.15) is 0 Å². The molecule has 1 aromatic carbocycles. The lowest BCUT2D eigenvalue weighted by atomic mass is 10.1. The maximum Gasteiger partial charge on any atom is 0.407 e. The molecule has 3 rings (SSSR count). The van der Waals surface area contributed by atoms with E-state index in [0.29, 0.717) is 25.1 Å². The summed E-state index contributed by atoms with van der Waals surface area (Å²) in [5, 5.41) is 6.47. The van der Waals surface area contributed by atoms with Crippen molar-refractivity contribution in [3.05, 3.63) is 35.9 Å². The van der Waals surface area contributed by atoms with Crippen molar-refractivity contribution in [2.45, 2.75) is 77.0 Å². The number of carbonyl (C=O) groups is 1. The number of nitrogens with one attached hydrogen (secondary N) is 2. The zero-order valence-electron chi connectivity index (χ0n) is 20.1. The molecule has 1 aromatic rings. The molecule has 1 aliphatic carbocycles. The fraction of sp³-hybridized carbons (Fsp3) is 0.680. The Morgan fingerprint density at radius 3 is 2.56 bits per heavy atom. The molecule has 1 amide bonds. The molecule has 178 valence electrons. The zero-order chi connectivity index (χ0) is 23.0. The maximum atomic E-state index is 11.7. The van der Waals surface area contributed by atoms with Crippen LogP contribution in [0.5, 0.6) is 0 Å². The summed E-state index contributed by atoms with van der Waals surface area (Å²) in [4.78, 5) is 18.8. The lowest BCUT2D eigenvalue weighted by Gasteiger charge is -2.34. The molecule has 0 bridgehead atoms. The molecular formula is C25H40N4O3. The Balaban J connectivity index is 1.32. The molecule has 7 nitrogen and oxygen atoms in total. The summed E-state index contributed by atoms with van der Waals surface area (Å²) in [6.45, 7) is 11.6. The topological polar surface area (TPSA) is 75.2 Å². The number of amides is 1. The largest absolute Gasteiger partial charge is 0.444 e. The number of likely N-dealkylation sites (tertiary alicyclic amines) is 1. The molecule has 32 heavy (non-hydrogen) atoms. The molecule has 1 aliphatic heterocycles. The van der Waals surface area contributed by atoms with E-state index < -0.39 is 5.60 Å². The number of alkyl carbamates (subject to hydrolysis) is 1. The molecule has 2 fully saturated rings. The van der Waals surface area contributed by atoms with Gasteiger partial charge in [-0.3, -0.25) is 4.99 Å². The Bertz CT molecular complexity index is 739. The first-order valence-corrected chi connectivity index (χ1v) is 12.0. The third kappa shape index (κ3) is 8.01. The van der Waals surface area contributed by atoms with Crippen LogP contribution in [0, 0.1) is 0 Å². The van der Waals surface area contributed by atoms with Crippen molar-refractivity contribution >= 4 is 12.1 Å². The van der Waals surface area contributed by atoms with Gasteiger partial charge in [0, 0.05) is 44.7 Å². The highest BCUT2D eigenvalue weighted by Crippen LogP contribution is 2.40. The van der Waals surface area contributed by atoms with Crippen LogP contribution < -0.4 is 10.6 Å². The zero-order valence-corrected chi connectivity index (χ0v) is 20.1. The quantitative estimate of drug-likeness (QED) is 0.361. The van der Waals surface area contributed by atoms with Crippen LogP contribution in [0.3, 0.4) is 0 Å². The summed E-state index contributed by atoms with van der Waals surface area (Å²) in [6.07, 6.45) is 3.85. The third-order valence-electron chi connectivity index (χ3n) is 5.72. The second-order valence-electron chi connectivity index (χ2n) is 9.64. The van der Waals surface area contributed by atoms with E-state index in [4.69, 9.17) is 14.5 Å². The van der Waals surface area contributed by atoms with Crippen molar-refractivity contribution < 1.29 is 14.3 Å². The van der Waals surface area contributed by atoms with Crippen LogP contribution in [0.25, 0.3) is 0 Å². The third-order valence-corrected chi connectivity index (χ3v) is 5.72. The van der Waals surface area contributed by atoms with Crippen LogP contribution in [0.15, 0.2) is 35.3 Å². The van der Waals surface area contributed by atoms with Gasteiger partial charge in [-0.1, -0.05) is 30.3 Å². The summed E-state index contributed by atoms with van der Waals surface area (Å²) in [5.74, 6) is 1.63. The number of hydrogen-bond donors (Lipinski definition) is 2. The number of guanidine groups is 1. The first-order valence-electron chi connectivity index (χ1n) is 12.0. The van der Waals surface area contributed by atoms with E-state index in [9.17, 15) is 4.79 Å². The summed E-state index contributed by atoms with van der Waals surface area (Å²) < 4.78 is 11.3. The van der Waals surface area contributed by atoms with E-state index in [1.807, 2.05) is 20.8 Å². The fourth-order valence-electron chi connectivity index (χ4n) is 4.04. The molecule has 0 spiro atoms. The molecule has 1 heterocycles. The molecule has 2 N–H and O–H groups in total. The van der Waals surface area contributed by atoms with Gasteiger partial charge < -0.3 is 25.0 Å². The van der Waals surface area contributed by atoms with Gasteiger partial charge in [-0.05, 0) is 58.9 Å². The lowest BCUT2D eigenvalue weighted by Crippen LogP contribution is -2.48. The Morgan fingerprint density at radius 2 is 1.91 bits per heavy atom. The molecule has 0 aromatic heterocycles. The Kier molecular flexibility index (Phi) is 8.79. The number of rotatable bonds is 8. The van der Waals surface area contributed by atoms with Crippen LogP contribution in [-0.4, -0.2) is 67.5 Å². The first kappa shape index (κ1) is 24.4. The number of hydrogen-bond acceptors (Lipinski definition) is 4. The van der Waals surface area contributed by atoms with Gasteiger partial charge in [0.1, 0.15) is 5.60 Å². The minimum atomic E-state index is -0.467. The number of aliphatic imine (C=N–C) groups is 1. The van der Waals surface area contributed by atoms with Crippen molar-refractivity contribution in [2.24, 2.45) is 4.99 Å². The summed E-state index contributed by atoms with van der Waals surface area (Å²) >= 11 is 0.